The van der Waals surface area contributed by atoms with Gasteiger partial charge >= 0.3 is 6.03 Å². The predicted octanol–water partition coefficient (Wildman–Crippen LogP) is 5.35. The van der Waals surface area contributed by atoms with Crippen LogP contribution in [0.1, 0.15) is 24.5 Å². The van der Waals surface area contributed by atoms with E-state index in [1.165, 1.54) is 0 Å². The number of rotatable bonds is 9. The largest absolute Gasteiger partial charge is 0.497 e. The maximum absolute atomic E-state index is 13.4. The van der Waals surface area contributed by atoms with Crippen molar-refractivity contribution in [2.45, 2.75) is 26.3 Å². The fourth-order valence-corrected chi connectivity index (χ4v) is 4.62. The van der Waals surface area contributed by atoms with Gasteiger partial charge in [-0.05, 0) is 54.8 Å². The van der Waals surface area contributed by atoms with Gasteiger partial charge in [0.05, 0.1) is 19.4 Å². The van der Waals surface area contributed by atoms with Crippen LogP contribution in [0.5, 0.6) is 11.5 Å². The average molecular weight is 524 g/mol. The van der Waals surface area contributed by atoms with Crippen molar-refractivity contribution in [1.29, 1.82) is 0 Å². The standard InChI is InChI=1S/C31H29N3O5/c1-3-21-12-14-23(15-13-21)34-30(36)27(29(35)32-31(34)37)18-22-20-33(28-11-5-4-10-26(22)28)16-7-17-39-25-9-6-8-24(19-25)38-2/h4-6,8-15,18-20H,3,7,16-17H2,1-2H3,(H,32,35,37)/b27-18-. The van der Waals surface area contributed by atoms with Gasteiger partial charge < -0.3 is 14.0 Å². The summed E-state index contributed by atoms with van der Waals surface area (Å²) in [4.78, 5) is 39.7. The van der Waals surface area contributed by atoms with E-state index in [-0.39, 0.29) is 5.57 Å². The molecule has 3 aromatic carbocycles. The first-order valence-electron chi connectivity index (χ1n) is 12.8. The molecule has 39 heavy (non-hydrogen) atoms. The lowest BCUT2D eigenvalue weighted by Crippen LogP contribution is -2.54. The average Bonchev–Trinajstić information content (AvgIpc) is 3.31. The van der Waals surface area contributed by atoms with Gasteiger partial charge in [0.1, 0.15) is 17.1 Å². The number of aryl methyl sites for hydroxylation is 2. The van der Waals surface area contributed by atoms with Crippen LogP contribution >= 0.6 is 0 Å². The second-order valence-electron chi connectivity index (χ2n) is 9.15. The maximum atomic E-state index is 13.4. The Balaban J connectivity index is 1.37. The molecule has 1 aliphatic heterocycles. The highest BCUT2D eigenvalue weighted by atomic mass is 16.5. The molecule has 4 aromatic rings. The molecule has 1 aromatic heterocycles. The molecule has 0 radical (unpaired) electrons. The number of fused-ring (bicyclic) bond motifs is 1. The van der Waals surface area contributed by atoms with Crippen LogP contribution in [0.25, 0.3) is 17.0 Å². The van der Waals surface area contributed by atoms with Gasteiger partial charge in [-0.2, -0.15) is 0 Å². The number of carbonyl (C=O) groups is 3. The second kappa shape index (κ2) is 11.3. The molecule has 8 heteroatoms. The molecule has 0 spiro atoms. The number of anilines is 1. The van der Waals surface area contributed by atoms with Crippen molar-refractivity contribution in [2.75, 3.05) is 18.6 Å². The number of para-hydroxylation sites is 1. The lowest BCUT2D eigenvalue weighted by Gasteiger charge is -2.26. The molecule has 4 amide bonds. The second-order valence-corrected chi connectivity index (χ2v) is 9.15. The van der Waals surface area contributed by atoms with Crippen molar-refractivity contribution in [3.63, 3.8) is 0 Å². The van der Waals surface area contributed by atoms with Gasteiger partial charge in [0, 0.05) is 35.3 Å². The van der Waals surface area contributed by atoms with E-state index in [0.29, 0.717) is 24.4 Å². The Labute approximate surface area is 226 Å². The zero-order valence-electron chi connectivity index (χ0n) is 21.8. The first kappa shape index (κ1) is 25.8. The van der Waals surface area contributed by atoms with Gasteiger partial charge in [-0.3, -0.25) is 14.9 Å². The molecule has 1 fully saturated rings. The first-order valence-corrected chi connectivity index (χ1v) is 12.8. The summed E-state index contributed by atoms with van der Waals surface area (Å²) in [5.41, 5.74) is 3.08. The lowest BCUT2D eigenvalue weighted by atomic mass is 10.1. The molecule has 2 heterocycles. The van der Waals surface area contributed by atoms with Crippen molar-refractivity contribution in [3.05, 3.63) is 95.7 Å². The van der Waals surface area contributed by atoms with Crippen LogP contribution in [-0.4, -0.2) is 36.1 Å². The summed E-state index contributed by atoms with van der Waals surface area (Å²) in [7, 11) is 1.62. The molecule has 198 valence electrons. The molecule has 8 nitrogen and oxygen atoms in total. The van der Waals surface area contributed by atoms with E-state index in [4.69, 9.17) is 9.47 Å². The number of methoxy groups -OCH3 is 1. The molecule has 0 bridgehead atoms. The number of benzene rings is 3. The first-order chi connectivity index (χ1) is 19.0. The normalized spacial score (nSPS) is 14.7. The summed E-state index contributed by atoms with van der Waals surface area (Å²) < 4.78 is 13.2. The summed E-state index contributed by atoms with van der Waals surface area (Å²) in [5, 5.41) is 3.20. The van der Waals surface area contributed by atoms with Crippen molar-refractivity contribution >= 4 is 40.5 Å². The van der Waals surface area contributed by atoms with Crippen LogP contribution in [-0.2, 0) is 22.6 Å². The Bertz CT molecular complexity index is 1570. The van der Waals surface area contributed by atoms with Gasteiger partial charge in [0.15, 0.2) is 0 Å². The number of ether oxygens (including phenoxy) is 2. The van der Waals surface area contributed by atoms with Crippen molar-refractivity contribution in [3.8, 4) is 11.5 Å². The Kier molecular flexibility index (Phi) is 7.45. The fourth-order valence-electron chi connectivity index (χ4n) is 4.62. The van der Waals surface area contributed by atoms with E-state index >= 15 is 0 Å². The lowest BCUT2D eigenvalue weighted by molar-refractivity contribution is -0.122. The van der Waals surface area contributed by atoms with Crippen LogP contribution in [0.3, 0.4) is 0 Å². The highest BCUT2D eigenvalue weighted by Crippen LogP contribution is 2.27. The number of amides is 4. The maximum Gasteiger partial charge on any atom is 0.335 e. The van der Waals surface area contributed by atoms with E-state index in [2.05, 4.69) is 9.88 Å². The molecule has 1 aliphatic rings. The summed E-state index contributed by atoms with van der Waals surface area (Å²) in [6, 6.07) is 21.7. The number of hydrogen-bond acceptors (Lipinski definition) is 5. The number of nitrogens with one attached hydrogen (secondary N) is 1. The Morgan fingerprint density at radius 3 is 2.46 bits per heavy atom. The summed E-state index contributed by atoms with van der Waals surface area (Å²) >= 11 is 0. The summed E-state index contributed by atoms with van der Waals surface area (Å²) in [6.45, 7) is 3.20. The smallest absolute Gasteiger partial charge is 0.335 e. The minimum absolute atomic E-state index is 0.0987. The van der Waals surface area contributed by atoms with Crippen molar-refractivity contribution in [2.24, 2.45) is 0 Å². The predicted molar refractivity (Wildman–Crippen MR) is 150 cm³/mol. The Morgan fingerprint density at radius 1 is 0.923 bits per heavy atom. The van der Waals surface area contributed by atoms with Gasteiger partial charge in [0.25, 0.3) is 11.8 Å². The van der Waals surface area contributed by atoms with Gasteiger partial charge in [0.2, 0.25) is 0 Å². The zero-order valence-corrected chi connectivity index (χ0v) is 21.8. The minimum Gasteiger partial charge on any atom is -0.497 e. The third kappa shape index (κ3) is 5.40. The number of nitrogens with zero attached hydrogens (tertiary/aromatic N) is 2. The summed E-state index contributed by atoms with van der Waals surface area (Å²) in [5.74, 6) is 0.106. The van der Waals surface area contributed by atoms with Crippen LogP contribution in [0.2, 0.25) is 0 Å². The number of hydrogen-bond donors (Lipinski definition) is 1. The quantitative estimate of drug-likeness (QED) is 0.182. The SMILES string of the molecule is CCc1ccc(N2C(=O)NC(=O)/C(=C/c3cn(CCCOc4cccc(OC)c4)c4ccccc34)C2=O)cc1. The van der Waals surface area contributed by atoms with E-state index in [0.717, 1.165) is 45.7 Å². The molecule has 0 atom stereocenters. The number of barbiturate groups is 1. The van der Waals surface area contributed by atoms with Crippen LogP contribution in [0.15, 0.2) is 84.6 Å². The molecule has 0 aliphatic carbocycles. The third-order valence-corrected chi connectivity index (χ3v) is 6.68. The number of aromatic nitrogens is 1. The number of carbonyl (C=O) groups excluding carboxylic acids is 3. The molecule has 5 rings (SSSR count). The number of imide groups is 2. The minimum atomic E-state index is -0.759. The summed E-state index contributed by atoms with van der Waals surface area (Å²) in [6.07, 6.45) is 5.05. The van der Waals surface area contributed by atoms with E-state index in [1.807, 2.05) is 73.8 Å². The third-order valence-electron chi connectivity index (χ3n) is 6.68. The van der Waals surface area contributed by atoms with Crippen molar-refractivity contribution < 1.29 is 23.9 Å². The van der Waals surface area contributed by atoms with E-state index in [9.17, 15) is 14.4 Å². The van der Waals surface area contributed by atoms with Gasteiger partial charge in [-0.15, -0.1) is 0 Å². The molecule has 0 unspecified atom stereocenters. The van der Waals surface area contributed by atoms with E-state index in [1.54, 1.807) is 25.3 Å². The molecular weight excluding hydrogens is 494 g/mol. The monoisotopic (exact) mass is 523 g/mol. The van der Waals surface area contributed by atoms with E-state index < -0.39 is 17.8 Å². The van der Waals surface area contributed by atoms with Gasteiger partial charge in [-0.1, -0.05) is 43.3 Å². The van der Waals surface area contributed by atoms with Crippen LogP contribution < -0.4 is 19.7 Å². The molecule has 1 saturated heterocycles. The highest BCUT2D eigenvalue weighted by Gasteiger charge is 2.37. The molecule has 0 saturated carbocycles. The van der Waals surface area contributed by atoms with Crippen LogP contribution in [0.4, 0.5) is 10.5 Å². The zero-order chi connectivity index (χ0) is 27.4. The Hall–Kier alpha value is -4.85. The van der Waals surface area contributed by atoms with Crippen LogP contribution in [0, 0.1) is 0 Å². The Morgan fingerprint density at radius 2 is 1.69 bits per heavy atom. The highest BCUT2D eigenvalue weighted by molar-refractivity contribution is 6.39. The van der Waals surface area contributed by atoms with Crippen molar-refractivity contribution in [1.82, 2.24) is 9.88 Å². The number of urea groups is 1. The fraction of sp³-hybridized carbons (Fsp3) is 0.194. The molecule has 1 N–H and O–H groups in total. The topological polar surface area (TPSA) is 89.9 Å². The van der Waals surface area contributed by atoms with Gasteiger partial charge in [-0.25, -0.2) is 9.69 Å². The molecular formula is C31H29N3O5.